The predicted molar refractivity (Wildman–Crippen MR) is 96.3 cm³/mol. The topological polar surface area (TPSA) is 86.1 Å². The number of furan rings is 1. The zero-order valence-corrected chi connectivity index (χ0v) is 15.1. The number of halogens is 3. The summed E-state index contributed by atoms with van der Waals surface area (Å²) in [5.74, 6) is -1.87. The maximum Gasteiger partial charge on any atom is 0.287 e. The lowest BCUT2D eigenvalue weighted by molar-refractivity contribution is 0.0911. The molecule has 6 nitrogen and oxygen atoms in total. The molecule has 1 aromatic carbocycles. The van der Waals surface area contributed by atoms with Crippen LogP contribution in [-0.2, 0) is 13.5 Å². The van der Waals surface area contributed by atoms with Crippen LogP contribution in [0.15, 0.2) is 40.9 Å². The summed E-state index contributed by atoms with van der Waals surface area (Å²) in [5.41, 5.74) is 6.76. The normalized spacial score (nSPS) is 12.2. The molecule has 27 heavy (non-hydrogen) atoms. The van der Waals surface area contributed by atoms with Gasteiger partial charge in [0.05, 0.1) is 11.2 Å². The number of amides is 1. The average Bonchev–Trinajstić information content (AvgIpc) is 3.24. The Labute approximate surface area is 158 Å². The van der Waals surface area contributed by atoms with Crippen molar-refractivity contribution in [3.05, 3.63) is 64.5 Å². The van der Waals surface area contributed by atoms with E-state index in [9.17, 15) is 13.6 Å². The van der Waals surface area contributed by atoms with Crippen molar-refractivity contribution >= 4 is 17.5 Å². The third kappa shape index (κ3) is 4.17. The summed E-state index contributed by atoms with van der Waals surface area (Å²) in [6, 6.07) is 6.22. The Morgan fingerprint density at radius 3 is 2.74 bits per heavy atom. The van der Waals surface area contributed by atoms with Crippen LogP contribution in [0.2, 0.25) is 5.02 Å². The van der Waals surface area contributed by atoms with Gasteiger partial charge in [0.2, 0.25) is 0 Å². The van der Waals surface area contributed by atoms with Gasteiger partial charge in [-0.15, -0.1) is 0 Å². The zero-order valence-electron chi connectivity index (χ0n) is 14.4. The van der Waals surface area contributed by atoms with Gasteiger partial charge in [0.15, 0.2) is 23.2 Å². The molecule has 0 aliphatic heterocycles. The molecule has 0 radical (unpaired) electrons. The van der Waals surface area contributed by atoms with Gasteiger partial charge in [-0.2, -0.15) is 5.10 Å². The Bertz CT molecular complexity index is 951. The lowest BCUT2D eigenvalue weighted by Gasteiger charge is -2.16. The standard InChI is InChI=1S/C18H17ClF2N4O2/c1-25-17(12(19)9-23-25)15-4-5-16(27-15)18(26)24-11(8-22)6-10-2-3-13(20)14(21)7-10/h2-5,7,9,11H,6,8,22H2,1H3,(H,24,26)/t11-/m0/s1. The third-order valence-electron chi connectivity index (χ3n) is 4.04. The highest BCUT2D eigenvalue weighted by molar-refractivity contribution is 6.32. The Morgan fingerprint density at radius 2 is 2.11 bits per heavy atom. The first-order valence-corrected chi connectivity index (χ1v) is 8.49. The lowest BCUT2D eigenvalue weighted by atomic mass is 10.1. The number of carbonyl (C=O) groups excluding carboxylic acids is 1. The van der Waals surface area contributed by atoms with E-state index in [0.717, 1.165) is 12.1 Å². The van der Waals surface area contributed by atoms with E-state index in [1.807, 2.05) is 0 Å². The molecular formula is C18H17ClF2N4O2. The van der Waals surface area contributed by atoms with Crippen LogP contribution in [-0.4, -0.2) is 28.3 Å². The van der Waals surface area contributed by atoms with Crippen molar-refractivity contribution in [2.45, 2.75) is 12.5 Å². The number of aryl methyl sites for hydroxylation is 1. The van der Waals surface area contributed by atoms with Crippen LogP contribution in [0.1, 0.15) is 16.1 Å². The molecule has 0 fully saturated rings. The summed E-state index contributed by atoms with van der Waals surface area (Å²) >= 11 is 6.07. The van der Waals surface area contributed by atoms with E-state index in [2.05, 4.69) is 10.4 Å². The molecule has 0 bridgehead atoms. The second-order valence-electron chi connectivity index (χ2n) is 5.99. The van der Waals surface area contributed by atoms with Crippen LogP contribution in [0, 0.1) is 11.6 Å². The molecule has 0 aliphatic rings. The van der Waals surface area contributed by atoms with Gasteiger partial charge in [0.25, 0.3) is 5.91 Å². The summed E-state index contributed by atoms with van der Waals surface area (Å²) in [5, 5.41) is 7.14. The van der Waals surface area contributed by atoms with Crippen LogP contribution in [0.4, 0.5) is 8.78 Å². The van der Waals surface area contributed by atoms with Crippen molar-refractivity contribution in [2.24, 2.45) is 12.8 Å². The second-order valence-corrected chi connectivity index (χ2v) is 6.39. The van der Waals surface area contributed by atoms with Crippen molar-refractivity contribution in [3.8, 4) is 11.5 Å². The van der Waals surface area contributed by atoms with Crippen molar-refractivity contribution in [3.63, 3.8) is 0 Å². The fourth-order valence-corrected chi connectivity index (χ4v) is 2.94. The Hall–Kier alpha value is -2.71. The van der Waals surface area contributed by atoms with Crippen molar-refractivity contribution in [1.82, 2.24) is 15.1 Å². The second kappa shape index (κ2) is 7.89. The van der Waals surface area contributed by atoms with Crippen LogP contribution in [0.25, 0.3) is 11.5 Å². The molecule has 2 heterocycles. The third-order valence-corrected chi connectivity index (χ3v) is 4.32. The van der Waals surface area contributed by atoms with Gasteiger partial charge in [-0.25, -0.2) is 8.78 Å². The molecule has 142 valence electrons. The molecule has 3 N–H and O–H groups in total. The highest BCUT2D eigenvalue weighted by Gasteiger charge is 2.19. The van der Waals surface area contributed by atoms with E-state index in [-0.39, 0.29) is 18.7 Å². The van der Waals surface area contributed by atoms with Gasteiger partial charge in [-0.3, -0.25) is 9.48 Å². The first-order chi connectivity index (χ1) is 12.9. The van der Waals surface area contributed by atoms with E-state index >= 15 is 0 Å². The minimum atomic E-state index is -0.946. The monoisotopic (exact) mass is 394 g/mol. The van der Waals surface area contributed by atoms with E-state index in [1.165, 1.54) is 23.0 Å². The molecule has 9 heteroatoms. The molecule has 0 saturated carbocycles. The van der Waals surface area contributed by atoms with Gasteiger partial charge < -0.3 is 15.5 Å². The summed E-state index contributed by atoms with van der Waals surface area (Å²) in [4.78, 5) is 12.4. The van der Waals surface area contributed by atoms with Crippen molar-refractivity contribution in [2.75, 3.05) is 6.54 Å². The minimum Gasteiger partial charge on any atom is -0.449 e. The summed E-state index contributed by atoms with van der Waals surface area (Å²) in [6.07, 6.45) is 1.73. The maximum atomic E-state index is 13.3. The molecule has 0 saturated heterocycles. The highest BCUT2D eigenvalue weighted by atomic mass is 35.5. The quantitative estimate of drug-likeness (QED) is 0.673. The fraction of sp³-hybridized carbons (Fsp3) is 0.222. The van der Waals surface area contributed by atoms with Crippen molar-refractivity contribution < 1.29 is 18.0 Å². The molecule has 3 rings (SSSR count). The van der Waals surface area contributed by atoms with Crippen LogP contribution in [0.3, 0.4) is 0 Å². The number of nitrogens with zero attached hydrogens (tertiary/aromatic N) is 2. The van der Waals surface area contributed by atoms with Gasteiger partial charge >= 0.3 is 0 Å². The Morgan fingerprint density at radius 1 is 1.33 bits per heavy atom. The average molecular weight is 395 g/mol. The molecule has 2 aromatic heterocycles. The molecule has 1 atom stereocenters. The molecule has 1 amide bonds. The highest BCUT2D eigenvalue weighted by Crippen LogP contribution is 2.28. The zero-order chi connectivity index (χ0) is 19.6. The van der Waals surface area contributed by atoms with E-state index < -0.39 is 23.6 Å². The van der Waals surface area contributed by atoms with Gasteiger partial charge in [-0.05, 0) is 36.2 Å². The Kier molecular flexibility index (Phi) is 5.57. The SMILES string of the molecule is Cn1ncc(Cl)c1-c1ccc(C(=O)N[C@H](CN)Cc2ccc(F)c(F)c2)o1. The molecule has 0 aliphatic carbocycles. The number of nitrogens with two attached hydrogens (primary N) is 1. The minimum absolute atomic E-state index is 0.0750. The fourth-order valence-electron chi connectivity index (χ4n) is 2.68. The van der Waals surface area contributed by atoms with Crippen LogP contribution < -0.4 is 11.1 Å². The summed E-state index contributed by atoms with van der Waals surface area (Å²) in [6.45, 7) is 0.117. The number of carbonyl (C=O) groups is 1. The first-order valence-electron chi connectivity index (χ1n) is 8.11. The van der Waals surface area contributed by atoms with Crippen LogP contribution >= 0.6 is 11.6 Å². The largest absolute Gasteiger partial charge is 0.449 e. The molecule has 0 unspecified atom stereocenters. The molecular weight excluding hydrogens is 378 g/mol. The number of hydrogen-bond donors (Lipinski definition) is 2. The van der Waals surface area contributed by atoms with E-state index in [4.69, 9.17) is 21.8 Å². The van der Waals surface area contributed by atoms with Gasteiger partial charge in [0, 0.05) is 19.6 Å². The maximum absolute atomic E-state index is 13.3. The van der Waals surface area contributed by atoms with E-state index in [1.54, 1.807) is 13.1 Å². The summed E-state index contributed by atoms with van der Waals surface area (Å²) < 4.78 is 33.5. The summed E-state index contributed by atoms with van der Waals surface area (Å²) in [7, 11) is 1.70. The first kappa shape index (κ1) is 19.1. The van der Waals surface area contributed by atoms with Gasteiger partial charge in [0.1, 0.15) is 5.69 Å². The lowest BCUT2D eigenvalue weighted by Crippen LogP contribution is -2.41. The Balaban J connectivity index is 1.71. The van der Waals surface area contributed by atoms with Crippen molar-refractivity contribution in [1.29, 1.82) is 0 Å². The van der Waals surface area contributed by atoms with Gasteiger partial charge in [-0.1, -0.05) is 17.7 Å². The van der Waals surface area contributed by atoms with E-state index in [0.29, 0.717) is 22.0 Å². The number of nitrogens with one attached hydrogen (secondary N) is 1. The number of aromatic nitrogens is 2. The predicted octanol–water partition coefficient (Wildman–Crippen LogP) is 2.91. The smallest absolute Gasteiger partial charge is 0.287 e. The number of benzene rings is 1. The number of rotatable bonds is 6. The molecule has 3 aromatic rings. The van der Waals surface area contributed by atoms with Crippen LogP contribution in [0.5, 0.6) is 0 Å². The number of hydrogen-bond acceptors (Lipinski definition) is 4. The molecule has 0 spiro atoms.